The molecule has 0 aromatic heterocycles. The third kappa shape index (κ3) is 4.25. The number of hydrogen-bond donors (Lipinski definition) is 1. The second-order valence-corrected chi connectivity index (χ2v) is 5.18. The monoisotopic (exact) mass is 318 g/mol. The lowest BCUT2D eigenvalue weighted by Crippen LogP contribution is -2.19. The summed E-state index contributed by atoms with van der Waals surface area (Å²) in [5.74, 6) is 1.35. The Hall–Kier alpha value is -2.50. The lowest BCUT2D eigenvalue weighted by atomic mass is 9.96. The average Bonchev–Trinajstić information content (AvgIpc) is 2.61. The van der Waals surface area contributed by atoms with Crippen LogP contribution in [0.4, 0.5) is 0 Å². The van der Waals surface area contributed by atoms with E-state index in [9.17, 15) is 4.79 Å². The molecule has 6 nitrogen and oxygen atoms in total. The van der Waals surface area contributed by atoms with Crippen LogP contribution in [0.5, 0.6) is 17.2 Å². The van der Waals surface area contributed by atoms with Gasteiger partial charge in [-0.25, -0.2) is 5.43 Å². The smallest absolute Gasteiger partial charge is 0.271 e. The summed E-state index contributed by atoms with van der Waals surface area (Å²) in [6.45, 7) is 0. The van der Waals surface area contributed by atoms with Crippen LogP contribution >= 0.6 is 0 Å². The molecule has 1 atom stereocenters. The fourth-order valence-electron chi connectivity index (χ4n) is 2.43. The molecule has 0 bridgehead atoms. The van der Waals surface area contributed by atoms with Gasteiger partial charge in [0.2, 0.25) is 5.75 Å². The third-order valence-electron chi connectivity index (χ3n) is 3.69. The lowest BCUT2D eigenvalue weighted by molar-refractivity contribution is 0.0954. The van der Waals surface area contributed by atoms with Crippen molar-refractivity contribution in [2.75, 3.05) is 21.3 Å². The van der Waals surface area contributed by atoms with Gasteiger partial charge in [0, 0.05) is 11.8 Å². The second-order valence-electron chi connectivity index (χ2n) is 5.18. The fourth-order valence-corrected chi connectivity index (χ4v) is 2.43. The zero-order valence-electron chi connectivity index (χ0n) is 13.7. The van der Waals surface area contributed by atoms with E-state index < -0.39 is 0 Å². The number of hydrogen-bond acceptors (Lipinski definition) is 5. The van der Waals surface area contributed by atoms with Crippen LogP contribution in [-0.2, 0) is 0 Å². The van der Waals surface area contributed by atoms with Crippen LogP contribution < -0.4 is 19.6 Å². The molecule has 6 heteroatoms. The molecule has 0 fully saturated rings. The Kier molecular flexibility index (Phi) is 6.02. The summed E-state index contributed by atoms with van der Waals surface area (Å²) in [5.41, 5.74) is 2.93. The van der Waals surface area contributed by atoms with Gasteiger partial charge in [-0.15, -0.1) is 0 Å². The number of methoxy groups -OCH3 is 3. The number of amides is 1. The van der Waals surface area contributed by atoms with Gasteiger partial charge in [-0.05, 0) is 37.3 Å². The number of carbonyl (C=O) groups is 1. The van der Waals surface area contributed by atoms with Crippen LogP contribution in [0.2, 0.25) is 0 Å². The molecule has 0 saturated carbocycles. The molecule has 0 spiro atoms. The first-order chi connectivity index (χ1) is 11.2. The molecule has 124 valence electrons. The Bertz CT molecular complexity index is 586. The van der Waals surface area contributed by atoms with Crippen LogP contribution in [0, 0.1) is 5.92 Å². The first-order valence-corrected chi connectivity index (χ1v) is 7.48. The van der Waals surface area contributed by atoms with E-state index in [0.717, 1.165) is 19.3 Å². The van der Waals surface area contributed by atoms with Gasteiger partial charge in [-0.3, -0.25) is 4.79 Å². The van der Waals surface area contributed by atoms with E-state index in [1.54, 1.807) is 18.3 Å². The molecule has 0 saturated heterocycles. The number of benzene rings is 1. The molecule has 1 aliphatic rings. The van der Waals surface area contributed by atoms with Crippen molar-refractivity contribution >= 4 is 12.1 Å². The average molecular weight is 318 g/mol. The maximum Gasteiger partial charge on any atom is 0.271 e. The summed E-state index contributed by atoms with van der Waals surface area (Å²) in [5, 5.41) is 4.05. The van der Waals surface area contributed by atoms with E-state index >= 15 is 0 Å². The Morgan fingerprint density at radius 2 is 1.87 bits per heavy atom. The summed E-state index contributed by atoms with van der Waals surface area (Å²) >= 11 is 0. The van der Waals surface area contributed by atoms with Crippen molar-refractivity contribution in [3.05, 3.63) is 29.8 Å². The quantitative estimate of drug-likeness (QED) is 0.497. The summed E-state index contributed by atoms with van der Waals surface area (Å²) in [6.07, 6.45) is 9.17. The Labute approximate surface area is 136 Å². The predicted octanol–water partition coefficient (Wildman–Crippen LogP) is 2.78. The van der Waals surface area contributed by atoms with Crippen molar-refractivity contribution in [2.45, 2.75) is 19.3 Å². The Morgan fingerprint density at radius 1 is 1.17 bits per heavy atom. The van der Waals surface area contributed by atoms with Crippen molar-refractivity contribution in [3.8, 4) is 17.2 Å². The van der Waals surface area contributed by atoms with Gasteiger partial charge in [0.15, 0.2) is 11.5 Å². The van der Waals surface area contributed by atoms with Crippen LogP contribution in [0.15, 0.2) is 29.4 Å². The van der Waals surface area contributed by atoms with Gasteiger partial charge in [0.05, 0.1) is 21.3 Å². The van der Waals surface area contributed by atoms with Crippen LogP contribution in [-0.4, -0.2) is 33.5 Å². The van der Waals surface area contributed by atoms with Crippen LogP contribution in [0.3, 0.4) is 0 Å². The zero-order valence-corrected chi connectivity index (χ0v) is 13.7. The summed E-state index contributed by atoms with van der Waals surface area (Å²) < 4.78 is 15.7. The van der Waals surface area contributed by atoms with Crippen molar-refractivity contribution in [1.82, 2.24) is 5.43 Å². The molecule has 0 radical (unpaired) electrons. The first-order valence-electron chi connectivity index (χ1n) is 7.48. The van der Waals surface area contributed by atoms with E-state index in [2.05, 4.69) is 22.7 Å². The number of nitrogens with zero attached hydrogens (tertiary/aromatic N) is 1. The van der Waals surface area contributed by atoms with Crippen LogP contribution in [0.1, 0.15) is 29.6 Å². The number of hydrazone groups is 1. The number of nitrogens with one attached hydrogen (secondary N) is 1. The predicted molar refractivity (Wildman–Crippen MR) is 88.5 cm³/mol. The van der Waals surface area contributed by atoms with Crippen molar-refractivity contribution in [3.63, 3.8) is 0 Å². The maximum atomic E-state index is 12.2. The molecule has 0 aliphatic heterocycles. The highest BCUT2D eigenvalue weighted by Gasteiger charge is 2.16. The maximum absolute atomic E-state index is 12.2. The molecule has 1 aliphatic carbocycles. The molecule has 23 heavy (non-hydrogen) atoms. The van der Waals surface area contributed by atoms with Gasteiger partial charge < -0.3 is 14.2 Å². The molecule has 1 N–H and O–H groups in total. The zero-order chi connectivity index (χ0) is 16.7. The topological polar surface area (TPSA) is 69.2 Å². The summed E-state index contributed by atoms with van der Waals surface area (Å²) in [7, 11) is 4.53. The SMILES string of the molecule is COc1cc(C(=O)NN=C[C@H]2CC=CCC2)cc(OC)c1OC. The molecular weight excluding hydrogens is 296 g/mol. The minimum atomic E-state index is -0.327. The van der Waals surface area contributed by atoms with E-state index in [0.29, 0.717) is 28.7 Å². The fraction of sp³-hybridized carbons (Fsp3) is 0.412. The van der Waals surface area contributed by atoms with E-state index in [4.69, 9.17) is 14.2 Å². The highest BCUT2D eigenvalue weighted by molar-refractivity contribution is 5.95. The highest BCUT2D eigenvalue weighted by atomic mass is 16.5. The third-order valence-corrected chi connectivity index (χ3v) is 3.69. The highest BCUT2D eigenvalue weighted by Crippen LogP contribution is 2.38. The number of ether oxygens (including phenoxy) is 3. The molecule has 2 rings (SSSR count). The minimum Gasteiger partial charge on any atom is -0.493 e. The summed E-state index contributed by atoms with van der Waals surface area (Å²) in [6, 6.07) is 3.19. The Balaban J connectivity index is 2.09. The van der Waals surface area contributed by atoms with E-state index in [-0.39, 0.29) is 5.91 Å². The van der Waals surface area contributed by atoms with E-state index in [1.165, 1.54) is 21.3 Å². The van der Waals surface area contributed by atoms with Gasteiger partial charge in [0.1, 0.15) is 0 Å². The molecular formula is C17H22N2O4. The van der Waals surface area contributed by atoms with Gasteiger partial charge >= 0.3 is 0 Å². The van der Waals surface area contributed by atoms with Crippen molar-refractivity contribution in [2.24, 2.45) is 11.0 Å². The molecule has 0 unspecified atom stereocenters. The van der Waals surface area contributed by atoms with Gasteiger partial charge in [-0.2, -0.15) is 5.10 Å². The minimum absolute atomic E-state index is 0.327. The normalized spacial score (nSPS) is 17.1. The van der Waals surface area contributed by atoms with E-state index in [1.807, 2.05) is 0 Å². The molecule has 1 amide bonds. The number of carbonyl (C=O) groups excluding carboxylic acids is 1. The van der Waals surface area contributed by atoms with Gasteiger partial charge in [0.25, 0.3) is 5.91 Å². The second kappa shape index (κ2) is 8.22. The largest absolute Gasteiger partial charge is 0.493 e. The first kappa shape index (κ1) is 16.9. The molecule has 0 heterocycles. The van der Waals surface area contributed by atoms with Crippen LogP contribution in [0.25, 0.3) is 0 Å². The lowest BCUT2D eigenvalue weighted by Gasteiger charge is -2.14. The van der Waals surface area contributed by atoms with Gasteiger partial charge in [-0.1, -0.05) is 12.2 Å². The van der Waals surface area contributed by atoms with Crippen molar-refractivity contribution in [1.29, 1.82) is 0 Å². The summed E-state index contributed by atoms with van der Waals surface area (Å²) in [4.78, 5) is 12.2. The molecule has 1 aromatic rings. The van der Waals surface area contributed by atoms with Crippen molar-refractivity contribution < 1.29 is 19.0 Å². The number of allylic oxidation sites excluding steroid dienone is 2. The Morgan fingerprint density at radius 3 is 2.39 bits per heavy atom. The molecule has 1 aromatic carbocycles. The standard InChI is InChI=1S/C17H22N2O4/c1-21-14-9-13(10-15(22-2)16(14)23-3)17(20)19-18-11-12-7-5-4-6-8-12/h4-5,9-12H,6-8H2,1-3H3,(H,19,20)/t12-/m0/s1. The number of rotatable bonds is 6.